The Kier molecular flexibility index (Phi) is 6.53. The summed E-state index contributed by atoms with van der Waals surface area (Å²) in [5.74, 6) is 0. The summed E-state index contributed by atoms with van der Waals surface area (Å²) >= 11 is 0. The van der Waals surface area contributed by atoms with E-state index in [0.717, 1.165) is 39.0 Å². The molecule has 0 saturated carbocycles. The van der Waals surface area contributed by atoms with Crippen LogP contribution in [0.3, 0.4) is 0 Å². The molecular formula is C48H31NO. The average Bonchev–Trinajstić information content (AvgIpc) is 3.56. The molecule has 2 nitrogen and oxygen atoms in total. The van der Waals surface area contributed by atoms with Gasteiger partial charge in [0, 0.05) is 27.7 Å². The first-order valence-corrected chi connectivity index (χ1v) is 17.1. The Labute approximate surface area is 290 Å². The normalized spacial score (nSPS) is 11.6. The number of fused-ring (bicyclic) bond motifs is 7. The van der Waals surface area contributed by atoms with Crippen LogP contribution in [0, 0.1) is 0 Å². The Morgan fingerprint density at radius 1 is 0.320 bits per heavy atom. The third-order valence-electron chi connectivity index (χ3n) is 10.0. The van der Waals surface area contributed by atoms with Crippen LogP contribution in [0.1, 0.15) is 0 Å². The van der Waals surface area contributed by atoms with Gasteiger partial charge < -0.3 is 9.32 Å². The van der Waals surface area contributed by atoms with Crippen molar-refractivity contribution in [2.45, 2.75) is 0 Å². The van der Waals surface area contributed by atoms with E-state index in [2.05, 4.69) is 181 Å². The smallest absolute Gasteiger partial charge is 0.135 e. The minimum atomic E-state index is 0.885. The van der Waals surface area contributed by atoms with Crippen molar-refractivity contribution in [3.63, 3.8) is 0 Å². The fourth-order valence-corrected chi connectivity index (χ4v) is 7.63. The van der Waals surface area contributed by atoms with E-state index in [1.165, 1.54) is 54.6 Å². The van der Waals surface area contributed by atoms with Crippen LogP contribution in [0.25, 0.3) is 76.5 Å². The van der Waals surface area contributed by atoms with Crippen molar-refractivity contribution in [1.82, 2.24) is 0 Å². The second-order valence-corrected chi connectivity index (χ2v) is 12.9. The number of nitrogens with zero attached hydrogens (tertiary/aromatic N) is 1. The van der Waals surface area contributed by atoms with Gasteiger partial charge in [0.2, 0.25) is 0 Å². The lowest BCUT2D eigenvalue weighted by Crippen LogP contribution is -2.11. The SMILES string of the molecule is c1ccc(N(c2ccc(-c3ccc4ccccc4c3)cc2)c2ccc3oc4ccccc4c3c2)c(-c2cc3ccccc3c3ccccc23)c1. The average molecular weight is 638 g/mol. The van der Waals surface area contributed by atoms with Crippen molar-refractivity contribution in [3.8, 4) is 22.3 Å². The molecule has 0 amide bonds. The molecule has 2 heteroatoms. The van der Waals surface area contributed by atoms with E-state index >= 15 is 0 Å². The Balaban J connectivity index is 1.19. The van der Waals surface area contributed by atoms with Crippen molar-refractivity contribution in [2.24, 2.45) is 0 Å². The molecule has 0 aliphatic rings. The highest BCUT2D eigenvalue weighted by atomic mass is 16.3. The standard InChI is InChI=1S/C48H31NO/c1-2-12-34-29-35(22-21-32(34)11-1)33-23-25-37(26-24-33)49(38-27-28-48-45(31-38)43-18-8-10-20-47(43)50-48)46-19-9-7-17-42(46)44-30-36-13-3-4-14-39(36)40-15-5-6-16-41(40)44/h1-31H. The predicted octanol–water partition coefficient (Wildman–Crippen LogP) is 13.8. The van der Waals surface area contributed by atoms with Gasteiger partial charge in [-0.25, -0.2) is 0 Å². The van der Waals surface area contributed by atoms with Crippen LogP contribution in [0.2, 0.25) is 0 Å². The van der Waals surface area contributed by atoms with Gasteiger partial charge in [-0.2, -0.15) is 0 Å². The summed E-state index contributed by atoms with van der Waals surface area (Å²) in [6.45, 7) is 0. The summed E-state index contributed by atoms with van der Waals surface area (Å²) in [5, 5.41) is 9.70. The Hall–Kier alpha value is -6.64. The lowest BCUT2D eigenvalue weighted by atomic mass is 9.92. The van der Waals surface area contributed by atoms with Gasteiger partial charge >= 0.3 is 0 Å². The van der Waals surface area contributed by atoms with Crippen LogP contribution in [-0.2, 0) is 0 Å². The molecule has 234 valence electrons. The molecule has 50 heavy (non-hydrogen) atoms. The second kappa shape index (κ2) is 11.5. The summed E-state index contributed by atoms with van der Waals surface area (Å²) < 4.78 is 6.26. The van der Waals surface area contributed by atoms with Crippen LogP contribution >= 0.6 is 0 Å². The van der Waals surface area contributed by atoms with Crippen LogP contribution < -0.4 is 4.90 Å². The Morgan fingerprint density at radius 2 is 0.940 bits per heavy atom. The van der Waals surface area contributed by atoms with Gasteiger partial charge in [-0.05, 0) is 104 Å². The number of para-hydroxylation sites is 2. The first-order valence-electron chi connectivity index (χ1n) is 17.1. The van der Waals surface area contributed by atoms with E-state index in [0.29, 0.717) is 0 Å². The molecule has 0 radical (unpaired) electrons. The quantitative estimate of drug-likeness (QED) is 0.175. The van der Waals surface area contributed by atoms with Gasteiger partial charge in [-0.3, -0.25) is 0 Å². The van der Waals surface area contributed by atoms with Gasteiger partial charge in [0.15, 0.2) is 0 Å². The molecule has 0 saturated heterocycles. The number of rotatable bonds is 5. The summed E-state index contributed by atoms with van der Waals surface area (Å²) in [4.78, 5) is 2.39. The molecule has 0 fully saturated rings. The first-order chi connectivity index (χ1) is 24.8. The van der Waals surface area contributed by atoms with Crippen LogP contribution in [0.5, 0.6) is 0 Å². The number of hydrogen-bond donors (Lipinski definition) is 0. The Bertz CT molecular complexity index is 2880. The molecule has 9 aromatic carbocycles. The monoisotopic (exact) mass is 637 g/mol. The van der Waals surface area contributed by atoms with E-state index in [-0.39, 0.29) is 0 Å². The third kappa shape index (κ3) is 4.65. The molecule has 0 aliphatic heterocycles. The van der Waals surface area contributed by atoms with Crippen molar-refractivity contribution in [2.75, 3.05) is 4.90 Å². The van der Waals surface area contributed by atoms with Gasteiger partial charge in [-0.15, -0.1) is 0 Å². The molecule has 1 heterocycles. The minimum Gasteiger partial charge on any atom is -0.456 e. The molecule has 1 aromatic heterocycles. The van der Waals surface area contributed by atoms with E-state index < -0.39 is 0 Å². The fraction of sp³-hybridized carbons (Fsp3) is 0. The van der Waals surface area contributed by atoms with Crippen LogP contribution in [0.15, 0.2) is 192 Å². The summed E-state index contributed by atoms with van der Waals surface area (Å²) in [6, 6.07) is 67.7. The zero-order valence-corrected chi connectivity index (χ0v) is 27.3. The largest absolute Gasteiger partial charge is 0.456 e. The number of furan rings is 1. The molecule has 0 spiro atoms. The summed E-state index contributed by atoms with van der Waals surface area (Å²) in [6.07, 6.45) is 0. The highest BCUT2D eigenvalue weighted by Crippen LogP contribution is 2.45. The van der Waals surface area contributed by atoms with Crippen molar-refractivity contribution >= 4 is 71.3 Å². The maximum absolute atomic E-state index is 6.26. The van der Waals surface area contributed by atoms with E-state index in [1.807, 2.05) is 12.1 Å². The second-order valence-electron chi connectivity index (χ2n) is 12.9. The molecule has 0 unspecified atom stereocenters. The Morgan fingerprint density at radius 3 is 1.80 bits per heavy atom. The maximum Gasteiger partial charge on any atom is 0.135 e. The molecule has 0 aliphatic carbocycles. The van der Waals surface area contributed by atoms with Gasteiger partial charge in [0.05, 0.1) is 5.69 Å². The van der Waals surface area contributed by atoms with Gasteiger partial charge in [-0.1, -0.05) is 133 Å². The van der Waals surface area contributed by atoms with Gasteiger partial charge in [0.1, 0.15) is 11.2 Å². The predicted molar refractivity (Wildman–Crippen MR) is 212 cm³/mol. The highest BCUT2D eigenvalue weighted by molar-refractivity contribution is 6.15. The van der Waals surface area contributed by atoms with Gasteiger partial charge in [0.25, 0.3) is 0 Å². The minimum absolute atomic E-state index is 0.885. The molecule has 0 atom stereocenters. The lowest BCUT2D eigenvalue weighted by Gasteiger charge is -2.28. The van der Waals surface area contributed by atoms with Crippen LogP contribution in [0.4, 0.5) is 17.1 Å². The fourth-order valence-electron chi connectivity index (χ4n) is 7.63. The van der Waals surface area contributed by atoms with E-state index in [1.54, 1.807) is 0 Å². The summed E-state index contributed by atoms with van der Waals surface area (Å²) in [7, 11) is 0. The zero-order valence-electron chi connectivity index (χ0n) is 27.3. The highest BCUT2D eigenvalue weighted by Gasteiger charge is 2.20. The molecular weight excluding hydrogens is 607 g/mol. The topological polar surface area (TPSA) is 16.4 Å². The molecule has 0 bridgehead atoms. The molecule has 0 N–H and O–H groups in total. The number of benzene rings is 9. The maximum atomic E-state index is 6.26. The van der Waals surface area contributed by atoms with Crippen molar-refractivity contribution in [1.29, 1.82) is 0 Å². The number of anilines is 3. The lowest BCUT2D eigenvalue weighted by molar-refractivity contribution is 0.669. The third-order valence-corrected chi connectivity index (χ3v) is 10.0. The van der Waals surface area contributed by atoms with Crippen LogP contribution in [-0.4, -0.2) is 0 Å². The van der Waals surface area contributed by atoms with Crippen molar-refractivity contribution < 1.29 is 4.42 Å². The molecule has 10 aromatic rings. The summed E-state index contributed by atoms with van der Waals surface area (Å²) in [5.41, 5.74) is 9.82. The van der Waals surface area contributed by atoms with E-state index in [4.69, 9.17) is 4.42 Å². The first kappa shape index (κ1) is 28.4. The molecule has 10 rings (SSSR count). The number of hydrogen-bond acceptors (Lipinski definition) is 2. The van der Waals surface area contributed by atoms with E-state index in [9.17, 15) is 0 Å². The van der Waals surface area contributed by atoms with Crippen molar-refractivity contribution in [3.05, 3.63) is 188 Å². The zero-order chi connectivity index (χ0) is 33.0.